The van der Waals surface area contributed by atoms with Crippen molar-refractivity contribution in [3.8, 4) is 6.07 Å². The van der Waals surface area contributed by atoms with Gasteiger partial charge in [0.15, 0.2) is 0 Å². The summed E-state index contributed by atoms with van der Waals surface area (Å²) in [7, 11) is 0. The Kier molecular flexibility index (Phi) is 3.61. The Hall–Kier alpha value is -2.00. The van der Waals surface area contributed by atoms with Crippen molar-refractivity contribution in [3.63, 3.8) is 0 Å². The third kappa shape index (κ3) is 2.78. The number of nitrogens with zero attached hydrogens (tertiary/aromatic N) is 3. The van der Waals surface area contributed by atoms with Crippen LogP contribution in [0.25, 0.3) is 5.57 Å². The van der Waals surface area contributed by atoms with E-state index in [2.05, 4.69) is 33.6 Å². The molecule has 0 atom stereocenters. The molecule has 20 heavy (non-hydrogen) atoms. The molecule has 0 bridgehead atoms. The van der Waals surface area contributed by atoms with Gasteiger partial charge in [-0.05, 0) is 30.7 Å². The van der Waals surface area contributed by atoms with Gasteiger partial charge in [-0.3, -0.25) is 0 Å². The summed E-state index contributed by atoms with van der Waals surface area (Å²) in [4.78, 5) is 8.64. The molecule has 3 rings (SSSR count). The van der Waals surface area contributed by atoms with Gasteiger partial charge >= 0.3 is 0 Å². The summed E-state index contributed by atoms with van der Waals surface area (Å²) in [5, 5.41) is 18.8. The number of allylic oxidation sites excluding steroid dienone is 2. The Morgan fingerprint density at radius 1 is 1.60 bits per heavy atom. The van der Waals surface area contributed by atoms with E-state index in [1.807, 2.05) is 5.41 Å². The van der Waals surface area contributed by atoms with Crippen LogP contribution in [-0.4, -0.2) is 16.0 Å². The van der Waals surface area contributed by atoms with E-state index < -0.39 is 0 Å². The van der Waals surface area contributed by atoms with E-state index in [4.69, 9.17) is 0 Å². The Morgan fingerprint density at radius 2 is 2.45 bits per heavy atom. The smallest absolute Gasteiger partial charge is 0.223 e. The maximum atomic E-state index is 9.42. The van der Waals surface area contributed by atoms with Crippen molar-refractivity contribution in [2.24, 2.45) is 0 Å². The third-order valence-electron chi connectivity index (χ3n) is 3.14. The highest BCUT2D eigenvalue weighted by Crippen LogP contribution is 2.32. The Labute approximate surface area is 122 Å². The normalized spacial score (nSPS) is 19.9. The van der Waals surface area contributed by atoms with Crippen LogP contribution >= 0.6 is 11.8 Å². The number of hydrogen-bond donors (Lipinski definition) is 2. The van der Waals surface area contributed by atoms with E-state index in [0.717, 1.165) is 17.1 Å². The fraction of sp³-hybridized carbons (Fsp3) is 0.357. The van der Waals surface area contributed by atoms with Crippen molar-refractivity contribution in [3.05, 3.63) is 34.1 Å². The first-order chi connectivity index (χ1) is 9.80. The third-order valence-corrected chi connectivity index (χ3v) is 4.08. The van der Waals surface area contributed by atoms with Crippen LogP contribution < -0.4 is 10.6 Å². The first-order valence-electron chi connectivity index (χ1n) is 6.67. The first-order valence-corrected chi connectivity index (χ1v) is 7.55. The molecule has 0 radical (unpaired) electrons. The van der Waals surface area contributed by atoms with Gasteiger partial charge in [-0.1, -0.05) is 18.7 Å². The number of anilines is 1. The molecular weight excluding hydrogens is 270 g/mol. The van der Waals surface area contributed by atoms with E-state index in [0.29, 0.717) is 23.3 Å². The maximum absolute atomic E-state index is 9.42. The minimum absolute atomic E-state index is 0.496. The van der Waals surface area contributed by atoms with Crippen molar-refractivity contribution < 1.29 is 0 Å². The Morgan fingerprint density at radius 3 is 3.10 bits per heavy atom. The van der Waals surface area contributed by atoms with Crippen molar-refractivity contribution in [2.45, 2.75) is 32.2 Å². The van der Waals surface area contributed by atoms with E-state index in [1.165, 1.54) is 24.6 Å². The van der Waals surface area contributed by atoms with E-state index >= 15 is 0 Å². The Balaban J connectivity index is 1.86. The summed E-state index contributed by atoms with van der Waals surface area (Å²) in [6.45, 7) is 2.08. The molecule has 5 nitrogen and oxygen atoms in total. The number of rotatable bonds is 4. The molecule has 1 aromatic heterocycles. The van der Waals surface area contributed by atoms with Crippen LogP contribution in [0.5, 0.6) is 0 Å². The van der Waals surface area contributed by atoms with Crippen LogP contribution in [-0.2, 0) is 0 Å². The molecule has 0 amide bonds. The molecule has 1 saturated carbocycles. The van der Waals surface area contributed by atoms with Crippen LogP contribution in [0, 0.1) is 11.3 Å². The lowest BCUT2D eigenvalue weighted by molar-refractivity contribution is 0.950. The van der Waals surface area contributed by atoms with Gasteiger partial charge in [-0.2, -0.15) is 5.26 Å². The number of nitriles is 1. The van der Waals surface area contributed by atoms with Crippen molar-refractivity contribution >= 4 is 23.3 Å². The molecule has 0 aromatic carbocycles. The average molecular weight is 285 g/mol. The zero-order chi connectivity index (χ0) is 13.9. The molecule has 102 valence electrons. The lowest BCUT2D eigenvalue weighted by Gasteiger charge is -2.07. The standard InChI is InChI=1S/C14H15N5S/c1-2-9-8-20-13(17-9)11(7-15)12-5-6-16-14(19-12)18-10-3-4-10/h5-6,8,10,17H,2-4H2,1H3,(H,16,18,19). The largest absolute Gasteiger partial charge is 0.352 e. The van der Waals surface area contributed by atoms with Gasteiger partial charge in [0.1, 0.15) is 11.6 Å². The molecule has 0 saturated heterocycles. The van der Waals surface area contributed by atoms with Gasteiger partial charge in [-0.15, -0.1) is 0 Å². The maximum Gasteiger partial charge on any atom is 0.223 e. The molecule has 2 N–H and O–H groups in total. The van der Waals surface area contributed by atoms with E-state index in [-0.39, 0.29) is 0 Å². The molecule has 0 unspecified atom stereocenters. The number of nitrogens with one attached hydrogen (secondary N) is 2. The van der Waals surface area contributed by atoms with Crippen molar-refractivity contribution in [2.75, 3.05) is 5.32 Å². The molecule has 0 spiro atoms. The summed E-state index contributed by atoms with van der Waals surface area (Å²) in [5.74, 6) is 0.602. The zero-order valence-electron chi connectivity index (χ0n) is 11.2. The summed E-state index contributed by atoms with van der Waals surface area (Å²) in [5.41, 5.74) is 2.35. The summed E-state index contributed by atoms with van der Waals surface area (Å²) in [6, 6.07) is 4.52. The lowest BCUT2D eigenvalue weighted by atomic mass is 10.2. The molecule has 2 heterocycles. The highest BCUT2D eigenvalue weighted by molar-refractivity contribution is 8.06. The predicted molar refractivity (Wildman–Crippen MR) is 80.3 cm³/mol. The monoisotopic (exact) mass is 285 g/mol. The van der Waals surface area contributed by atoms with Crippen LogP contribution in [0.1, 0.15) is 31.9 Å². The van der Waals surface area contributed by atoms with Gasteiger partial charge in [0.25, 0.3) is 0 Å². The van der Waals surface area contributed by atoms with Crippen molar-refractivity contribution in [1.29, 1.82) is 5.26 Å². The molecule has 1 aromatic rings. The highest BCUT2D eigenvalue weighted by atomic mass is 32.2. The van der Waals surface area contributed by atoms with Gasteiger partial charge in [0, 0.05) is 17.9 Å². The average Bonchev–Trinajstić information content (AvgIpc) is 3.15. The van der Waals surface area contributed by atoms with Crippen LogP contribution in [0.15, 0.2) is 28.4 Å². The van der Waals surface area contributed by atoms with Gasteiger partial charge in [0.05, 0.1) is 10.7 Å². The highest BCUT2D eigenvalue weighted by Gasteiger charge is 2.22. The van der Waals surface area contributed by atoms with E-state index in [9.17, 15) is 5.26 Å². The number of thioether (sulfide) groups is 1. The fourth-order valence-corrected chi connectivity index (χ4v) is 2.77. The number of hydrogen-bond acceptors (Lipinski definition) is 6. The molecule has 1 aliphatic heterocycles. The minimum atomic E-state index is 0.496. The van der Waals surface area contributed by atoms with Crippen LogP contribution in [0.2, 0.25) is 0 Å². The second-order valence-corrected chi connectivity index (χ2v) is 5.62. The van der Waals surface area contributed by atoms with E-state index in [1.54, 1.807) is 12.3 Å². The second-order valence-electron chi connectivity index (χ2n) is 4.74. The molecule has 6 heteroatoms. The quantitative estimate of drug-likeness (QED) is 0.829. The van der Waals surface area contributed by atoms with Crippen LogP contribution in [0.3, 0.4) is 0 Å². The van der Waals surface area contributed by atoms with Crippen LogP contribution in [0.4, 0.5) is 5.95 Å². The SMILES string of the molecule is CCC1=CSC(=C(C#N)c2ccnc(NC3CC3)n2)N1. The Bertz CT molecular complexity index is 625. The summed E-state index contributed by atoms with van der Waals surface area (Å²) >= 11 is 1.54. The second kappa shape index (κ2) is 5.55. The minimum Gasteiger partial charge on any atom is -0.352 e. The lowest BCUT2D eigenvalue weighted by Crippen LogP contribution is -2.09. The predicted octanol–water partition coefficient (Wildman–Crippen LogP) is 2.83. The fourth-order valence-electron chi connectivity index (χ4n) is 1.83. The molecule has 1 aliphatic carbocycles. The molecule has 2 aliphatic rings. The van der Waals surface area contributed by atoms with Crippen molar-refractivity contribution in [1.82, 2.24) is 15.3 Å². The summed E-state index contributed by atoms with van der Waals surface area (Å²) < 4.78 is 0. The number of aromatic nitrogens is 2. The molecular formula is C14H15N5S. The van der Waals surface area contributed by atoms with Gasteiger partial charge in [-0.25, -0.2) is 9.97 Å². The topological polar surface area (TPSA) is 73.6 Å². The van der Waals surface area contributed by atoms with Gasteiger partial charge < -0.3 is 10.6 Å². The zero-order valence-corrected chi connectivity index (χ0v) is 12.0. The summed E-state index contributed by atoms with van der Waals surface area (Å²) in [6.07, 6.45) is 4.95. The van der Waals surface area contributed by atoms with Gasteiger partial charge in [0.2, 0.25) is 5.95 Å². The molecule has 1 fully saturated rings. The first kappa shape index (κ1) is 13.0.